The van der Waals surface area contributed by atoms with Gasteiger partial charge in [-0.3, -0.25) is 0 Å². The van der Waals surface area contributed by atoms with Crippen molar-refractivity contribution in [2.24, 2.45) is 5.73 Å². The molecule has 1 saturated carbocycles. The van der Waals surface area contributed by atoms with E-state index in [1.54, 1.807) is 0 Å². The first-order chi connectivity index (χ1) is 11.3. The van der Waals surface area contributed by atoms with Gasteiger partial charge in [0.25, 0.3) is 0 Å². The molecule has 0 amide bonds. The molecule has 1 fully saturated rings. The molecule has 0 radical (unpaired) electrons. The Morgan fingerprint density at radius 2 is 1.17 bits per heavy atom. The molecule has 1 aliphatic carbocycles. The topological polar surface area (TPSA) is 50.1 Å². The second-order valence-electron chi connectivity index (χ2n) is 6.45. The van der Waals surface area contributed by atoms with Crippen molar-refractivity contribution in [3.63, 3.8) is 0 Å². The Balaban J connectivity index is 1.50. The minimum atomic E-state index is 0.163. The van der Waals surface area contributed by atoms with Gasteiger partial charge >= 0.3 is 0 Å². The predicted octanol–water partition coefficient (Wildman–Crippen LogP) is 2.81. The molecule has 0 spiro atoms. The molecule has 3 rings (SSSR count). The highest BCUT2D eigenvalue weighted by Crippen LogP contribution is 2.19. The van der Waals surface area contributed by atoms with Crippen molar-refractivity contribution >= 4 is 0 Å². The lowest BCUT2D eigenvalue weighted by molar-refractivity contribution is 0.258. The molecule has 2 aromatic carbocycles. The lowest BCUT2D eigenvalue weighted by Crippen LogP contribution is -2.58. The van der Waals surface area contributed by atoms with Gasteiger partial charge in [-0.1, -0.05) is 67.1 Å². The van der Waals surface area contributed by atoms with Crippen molar-refractivity contribution in [2.45, 2.75) is 50.5 Å². The van der Waals surface area contributed by atoms with Gasteiger partial charge in [0.05, 0.1) is 0 Å². The van der Waals surface area contributed by atoms with Crippen molar-refractivity contribution in [3.05, 3.63) is 71.8 Å². The molecule has 0 aromatic heterocycles. The second-order valence-corrected chi connectivity index (χ2v) is 6.45. The SMILES string of the molecule is NC1C(NCc2ccccc2)CCCC1NCc1ccccc1. The molecule has 23 heavy (non-hydrogen) atoms. The Kier molecular flexibility index (Phi) is 5.81. The third-order valence-electron chi connectivity index (χ3n) is 4.78. The van der Waals surface area contributed by atoms with E-state index in [9.17, 15) is 0 Å². The third-order valence-corrected chi connectivity index (χ3v) is 4.78. The van der Waals surface area contributed by atoms with Crippen molar-refractivity contribution in [2.75, 3.05) is 0 Å². The van der Waals surface area contributed by atoms with Gasteiger partial charge in [-0.15, -0.1) is 0 Å². The van der Waals surface area contributed by atoms with E-state index in [0.717, 1.165) is 25.9 Å². The summed E-state index contributed by atoms with van der Waals surface area (Å²) in [7, 11) is 0. The van der Waals surface area contributed by atoms with Crippen LogP contribution < -0.4 is 16.4 Å². The number of hydrogen-bond donors (Lipinski definition) is 3. The summed E-state index contributed by atoms with van der Waals surface area (Å²) in [6.45, 7) is 1.79. The predicted molar refractivity (Wildman–Crippen MR) is 96.0 cm³/mol. The largest absolute Gasteiger partial charge is 0.325 e. The molecular weight excluding hydrogens is 282 g/mol. The molecule has 1 aliphatic rings. The van der Waals surface area contributed by atoms with Crippen LogP contribution in [0.5, 0.6) is 0 Å². The van der Waals surface area contributed by atoms with E-state index in [-0.39, 0.29) is 6.04 Å². The third kappa shape index (κ3) is 4.64. The van der Waals surface area contributed by atoms with Crippen molar-refractivity contribution in [1.29, 1.82) is 0 Å². The quantitative estimate of drug-likeness (QED) is 0.769. The maximum atomic E-state index is 6.53. The summed E-state index contributed by atoms with van der Waals surface area (Å²) >= 11 is 0. The molecule has 3 heteroatoms. The lowest BCUT2D eigenvalue weighted by atomic mass is 9.86. The maximum Gasteiger partial charge on any atom is 0.0350 e. The highest BCUT2D eigenvalue weighted by Gasteiger charge is 2.29. The fraction of sp³-hybridized carbons (Fsp3) is 0.400. The zero-order valence-corrected chi connectivity index (χ0v) is 13.6. The van der Waals surface area contributed by atoms with Crippen molar-refractivity contribution in [1.82, 2.24) is 10.6 Å². The average Bonchev–Trinajstić information content (AvgIpc) is 2.61. The number of nitrogens with one attached hydrogen (secondary N) is 2. The van der Waals surface area contributed by atoms with Gasteiger partial charge in [-0.05, 0) is 24.0 Å². The van der Waals surface area contributed by atoms with Crippen LogP contribution in [0.25, 0.3) is 0 Å². The first-order valence-electron chi connectivity index (χ1n) is 8.63. The van der Waals surface area contributed by atoms with E-state index in [1.165, 1.54) is 17.5 Å². The molecule has 0 saturated heterocycles. The van der Waals surface area contributed by atoms with E-state index >= 15 is 0 Å². The monoisotopic (exact) mass is 309 g/mol. The molecular formula is C20H27N3. The number of hydrogen-bond acceptors (Lipinski definition) is 3. The highest BCUT2D eigenvalue weighted by atomic mass is 15.0. The van der Waals surface area contributed by atoms with Crippen LogP contribution in [0, 0.1) is 0 Å². The molecule has 0 bridgehead atoms. The van der Waals surface area contributed by atoms with E-state index in [0.29, 0.717) is 12.1 Å². The van der Waals surface area contributed by atoms with Crippen LogP contribution in [0.4, 0.5) is 0 Å². The molecule has 4 N–H and O–H groups in total. The van der Waals surface area contributed by atoms with Crippen LogP contribution in [0.1, 0.15) is 30.4 Å². The first kappa shape index (κ1) is 16.2. The van der Waals surface area contributed by atoms with Crippen LogP contribution in [0.15, 0.2) is 60.7 Å². The van der Waals surface area contributed by atoms with Gasteiger partial charge in [0.2, 0.25) is 0 Å². The van der Waals surface area contributed by atoms with E-state index in [2.05, 4.69) is 71.3 Å². The van der Waals surface area contributed by atoms with Crippen LogP contribution in [-0.2, 0) is 13.1 Å². The van der Waals surface area contributed by atoms with Gasteiger partial charge in [0.15, 0.2) is 0 Å². The van der Waals surface area contributed by atoms with Gasteiger partial charge in [-0.2, -0.15) is 0 Å². The summed E-state index contributed by atoms with van der Waals surface area (Å²) in [6, 6.07) is 22.0. The van der Waals surface area contributed by atoms with Gasteiger partial charge in [-0.25, -0.2) is 0 Å². The minimum Gasteiger partial charge on any atom is -0.325 e. The Bertz CT molecular complexity index is 518. The van der Waals surface area contributed by atoms with Crippen LogP contribution in [-0.4, -0.2) is 18.1 Å². The average molecular weight is 309 g/mol. The number of rotatable bonds is 6. The molecule has 3 nitrogen and oxygen atoms in total. The maximum absolute atomic E-state index is 6.53. The number of benzene rings is 2. The Labute approximate surface area is 139 Å². The van der Waals surface area contributed by atoms with Crippen LogP contribution in [0.2, 0.25) is 0 Å². The normalized spacial score (nSPS) is 24.5. The summed E-state index contributed by atoms with van der Waals surface area (Å²) in [5.74, 6) is 0. The number of nitrogens with two attached hydrogens (primary N) is 1. The Morgan fingerprint density at radius 3 is 1.61 bits per heavy atom. The fourth-order valence-corrected chi connectivity index (χ4v) is 3.39. The van der Waals surface area contributed by atoms with Crippen LogP contribution in [0.3, 0.4) is 0 Å². The summed E-state index contributed by atoms with van der Waals surface area (Å²) in [5.41, 5.74) is 9.16. The van der Waals surface area contributed by atoms with Gasteiger partial charge < -0.3 is 16.4 Å². The zero-order chi connectivity index (χ0) is 15.9. The Morgan fingerprint density at radius 1 is 0.739 bits per heavy atom. The van der Waals surface area contributed by atoms with E-state index in [4.69, 9.17) is 5.73 Å². The summed E-state index contributed by atoms with van der Waals surface area (Å²) < 4.78 is 0. The van der Waals surface area contributed by atoms with Crippen molar-refractivity contribution in [3.8, 4) is 0 Å². The minimum absolute atomic E-state index is 0.163. The molecule has 2 atom stereocenters. The molecule has 2 aromatic rings. The summed E-state index contributed by atoms with van der Waals surface area (Å²) in [4.78, 5) is 0. The molecule has 122 valence electrons. The highest BCUT2D eigenvalue weighted by molar-refractivity contribution is 5.15. The molecule has 2 unspecified atom stereocenters. The molecule has 0 heterocycles. The van der Waals surface area contributed by atoms with Crippen molar-refractivity contribution < 1.29 is 0 Å². The first-order valence-corrected chi connectivity index (χ1v) is 8.63. The second kappa shape index (κ2) is 8.25. The summed E-state index contributed by atoms with van der Waals surface area (Å²) in [6.07, 6.45) is 3.56. The standard InChI is InChI=1S/C20H27N3/c21-20-18(22-14-16-8-3-1-4-9-16)12-7-13-19(20)23-15-17-10-5-2-6-11-17/h1-6,8-11,18-20,22-23H,7,12-15,21H2. The zero-order valence-electron chi connectivity index (χ0n) is 13.6. The lowest BCUT2D eigenvalue weighted by Gasteiger charge is -2.37. The van der Waals surface area contributed by atoms with Crippen LogP contribution >= 0.6 is 0 Å². The smallest absolute Gasteiger partial charge is 0.0350 e. The Hall–Kier alpha value is -1.68. The fourth-order valence-electron chi connectivity index (χ4n) is 3.39. The molecule has 0 aliphatic heterocycles. The summed E-state index contributed by atoms with van der Waals surface area (Å²) in [5, 5.41) is 7.30. The van der Waals surface area contributed by atoms with E-state index < -0.39 is 0 Å². The van der Waals surface area contributed by atoms with E-state index in [1.807, 2.05) is 0 Å². The van der Waals surface area contributed by atoms with Gasteiger partial charge in [0, 0.05) is 31.2 Å². The van der Waals surface area contributed by atoms with Gasteiger partial charge in [0.1, 0.15) is 0 Å².